The second-order valence-corrected chi connectivity index (χ2v) is 4.42. The van der Waals surface area contributed by atoms with Crippen molar-refractivity contribution in [2.24, 2.45) is 0 Å². The molecule has 0 atom stereocenters. The van der Waals surface area contributed by atoms with Crippen molar-refractivity contribution in [1.29, 1.82) is 0 Å². The molecule has 0 unspecified atom stereocenters. The molecular formula is C15H11F2N3. The molecule has 20 heavy (non-hydrogen) atoms. The summed E-state index contributed by atoms with van der Waals surface area (Å²) in [6.45, 7) is 0. The number of anilines is 3. The first kappa shape index (κ1) is 12.3. The first-order valence-corrected chi connectivity index (χ1v) is 5.99. The van der Waals surface area contributed by atoms with E-state index in [1.807, 2.05) is 6.07 Å². The Balaban J connectivity index is 2.06. The van der Waals surface area contributed by atoms with Crippen LogP contribution in [0.15, 0.2) is 48.7 Å². The molecule has 3 rings (SSSR count). The maximum Gasteiger partial charge on any atom is 0.128 e. The van der Waals surface area contributed by atoms with Gasteiger partial charge in [-0.15, -0.1) is 0 Å². The van der Waals surface area contributed by atoms with Crippen molar-refractivity contribution in [2.45, 2.75) is 0 Å². The van der Waals surface area contributed by atoms with Crippen molar-refractivity contribution < 1.29 is 8.78 Å². The van der Waals surface area contributed by atoms with Gasteiger partial charge in [0.2, 0.25) is 0 Å². The topological polar surface area (TPSA) is 50.9 Å². The third-order valence-corrected chi connectivity index (χ3v) is 2.91. The van der Waals surface area contributed by atoms with Crippen LogP contribution in [0, 0.1) is 11.6 Å². The molecule has 0 radical (unpaired) electrons. The summed E-state index contributed by atoms with van der Waals surface area (Å²) < 4.78 is 26.4. The highest BCUT2D eigenvalue weighted by Crippen LogP contribution is 2.27. The van der Waals surface area contributed by atoms with Crippen molar-refractivity contribution in [3.8, 4) is 0 Å². The minimum atomic E-state index is -0.630. The van der Waals surface area contributed by atoms with Gasteiger partial charge in [-0.2, -0.15) is 0 Å². The molecule has 0 fully saturated rings. The van der Waals surface area contributed by atoms with Crippen molar-refractivity contribution >= 4 is 28.0 Å². The number of pyridine rings is 1. The highest BCUT2D eigenvalue weighted by molar-refractivity contribution is 5.94. The number of fused-ring (bicyclic) bond motifs is 1. The Kier molecular flexibility index (Phi) is 2.95. The molecule has 3 aromatic rings. The standard InChI is InChI=1S/C15H11F2N3/c16-9-5-10(17)7-12(6-9)20-14-3-4-19-15-8-11(18)1-2-13(14)15/h1-8H,18H2,(H,19,20). The van der Waals surface area contributed by atoms with Crippen LogP contribution in [-0.2, 0) is 0 Å². The number of hydrogen-bond donors (Lipinski definition) is 2. The lowest BCUT2D eigenvalue weighted by Crippen LogP contribution is -1.95. The molecule has 5 heteroatoms. The summed E-state index contributed by atoms with van der Waals surface area (Å²) in [5.41, 5.74) is 8.08. The molecule has 1 aromatic heterocycles. The number of halogens is 2. The van der Waals surface area contributed by atoms with Gasteiger partial charge in [0.05, 0.1) is 5.52 Å². The molecule has 0 aliphatic rings. The van der Waals surface area contributed by atoms with Gasteiger partial charge < -0.3 is 11.1 Å². The van der Waals surface area contributed by atoms with E-state index in [0.29, 0.717) is 22.6 Å². The van der Waals surface area contributed by atoms with Crippen LogP contribution in [0.3, 0.4) is 0 Å². The van der Waals surface area contributed by atoms with Gasteiger partial charge in [-0.05, 0) is 36.4 Å². The minimum absolute atomic E-state index is 0.340. The number of hydrogen-bond acceptors (Lipinski definition) is 3. The average Bonchev–Trinajstić information content (AvgIpc) is 2.37. The smallest absolute Gasteiger partial charge is 0.128 e. The Morgan fingerprint density at radius 1 is 0.950 bits per heavy atom. The van der Waals surface area contributed by atoms with Gasteiger partial charge in [0.15, 0.2) is 0 Å². The molecular weight excluding hydrogens is 260 g/mol. The highest BCUT2D eigenvalue weighted by Gasteiger charge is 2.05. The zero-order chi connectivity index (χ0) is 14.1. The average molecular weight is 271 g/mol. The fraction of sp³-hybridized carbons (Fsp3) is 0. The second-order valence-electron chi connectivity index (χ2n) is 4.42. The zero-order valence-electron chi connectivity index (χ0n) is 10.4. The Morgan fingerprint density at radius 2 is 1.70 bits per heavy atom. The van der Waals surface area contributed by atoms with Crippen LogP contribution < -0.4 is 11.1 Å². The predicted octanol–water partition coefficient (Wildman–Crippen LogP) is 3.84. The largest absolute Gasteiger partial charge is 0.399 e. The summed E-state index contributed by atoms with van der Waals surface area (Å²) in [5, 5.41) is 3.81. The quantitative estimate of drug-likeness (QED) is 0.696. The fourth-order valence-electron chi connectivity index (χ4n) is 2.06. The molecule has 0 aliphatic carbocycles. The molecule has 3 nitrogen and oxygen atoms in total. The monoisotopic (exact) mass is 271 g/mol. The van der Waals surface area contributed by atoms with Gasteiger partial charge in [0, 0.05) is 34.7 Å². The van der Waals surface area contributed by atoms with E-state index in [1.54, 1.807) is 24.4 Å². The minimum Gasteiger partial charge on any atom is -0.399 e. The molecule has 0 aliphatic heterocycles. The van der Waals surface area contributed by atoms with E-state index in [1.165, 1.54) is 12.1 Å². The molecule has 0 saturated heterocycles. The maximum atomic E-state index is 13.2. The van der Waals surface area contributed by atoms with E-state index < -0.39 is 11.6 Å². The Morgan fingerprint density at radius 3 is 2.45 bits per heavy atom. The number of nitrogens with zero attached hydrogens (tertiary/aromatic N) is 1. The number of nitrogen functional groups attached to an aromatic ring is 1. The summed E-state index contributed by atoms with van der Waals surface area (Å²) in [5.74, 6) is -1.26. The van der Waals surface area contributed by atoms with Gasteiger partial charge in [0.1, 0.15) is 11.6 Å². The molecule has 0 spiro atoms. The maximum absolute atomic E-state index is 13.2. The molecule has 100 valence electrons. The number of benzene rings is 2. The summed E-state index contributed by atoms with van der Waals surface area (Å²) in [7, 11) is 0. The molecule has 0 bridgehead atoms. The van der Waals surface area contributed by atoms with Crippen LogP contribution in [0.4, 0.5) is 25.8 Å². The van der Waals surface area contributed by atoms with E-state index in [9.17, 15) is 8.78 Å². The molecule has 0 saturated carbocycles. The number of aromatic nitrogens is 1. The van der Waals surface area contributed by atoms with Crippen molar-refractivity contribution in [2.75, 3.05) is 11.1 Å². The van der Waals surface area contributed by atoms with E-state index in [0.717, 1.165) is 11.5 Å². The molecule has 0 amide bonds. The van der Waals surface area contributed by atoms with Crippen LogP contribution in [0.2, 0.25) is 0 Å². The number of nitrogens with two attached hydrogens (primary N) is 1. The first-order valence-electron chi connectivity index (χ1n) is 5.99. The first-order chi connectivity index (χ1) is 9.61. The lowest BCUT2D eigenvalue weighted by molar-refractivity contribution is 0.584. The van der Waals surface area contributed by atoms with E-state index >= 15 is 0 Å². The second kappa shape index (κ2) is 4.77. The molecule has 3 N–H and O–H groups in total. The highest BCUT2D eigenvalue weighted by atomic mass is 19.1. The van der Waals surface area contributed by atoms with Gasteiger partial charge in [-0.1, -0.05) is 0 Å². The van der Waals surface area contributed by atoms with Crippen LogP contribution in [0.5, 0.6) is 0 Å². The number of nitrogens with one attached hydrogen (secondary N) is 1. The third kappa shape index (κ3) is 2.38. The SMILES string of the molecule is Nc1ccc2c(Nc3cc(F)cc(F)c3)ccnc2c1. The Bertz CT molecular complexity index is 767. The van der Waals surface area contributed by atoms with E-state index in [4.69, 9.17) is 5.73 Å². The Hall–Kier alpha value is -2.69. The lowest BCUT2D eigenvalue weighted by Gasteiger charge is -2.10. The normalized spacial score (nSPS) is 10.7. The lowest BCUT2D eigenvalue weighted by atomic mass is 10.1. The van der Waals surface area contributed by atoms with Crippen LogP contribution >= 0.6 is 0 Å². The summed E-state index contributed by atoms with van der Waals surface area (Å²) in [4.78, 5) is 4.21. The van der Waals surface area contributed by atoms with Gasteiger partial charge >= 0.3 is 0 Å². The molecule has 1 heterocycles. The fourth-order valence-corrected chi connectivity index (χ4v) is 2.06. The van der Waals surface area contributed by atoms with Crippen LogP contribution in [0.1, 0.15) is 0 Å². The van der Waals surface area contributed by atoms with Crippen LogP contribution in [-0.4, -0.2) is 4.98 Å². The van der Waals surface area contributed by atoms with E-state index in [-0.39, 0.29) is 0 Å². The van der Waals surface area contributed by atoms with Crippen molar-refractivity contribution in [3.05, 3.63) is 60.3 Å². The van der Waals surface area contributed by atoms with Gasteiger partial charge in [-0.3, -0.25) is 4.98 Å². The third-order valence-electron chi connectivity index (χ3n) is 2.91. The predicted molar refractivity (Wildman–Crippen MR) is 75.8 cm³/mol. The summed E-state index contributed by atoms with van der Waals surface area (Å²) >= 11 is 0. The summed E-state index contributed by atoms with van der Waals surface area (Å²) in [6, 6.07) is 10.3. The van der Waals surface area contributed by atoms with Crippen LogP contribution in [0.25, 0.3) is 10.9 Å². The van der Waals surface area contributed by atoms with Crippen molar-refractivity contribution in [1.82, 2.24) is 4.98 Å². The number of rotatable bonds is 2. The summed E-state index contributed by atoms with van der Waals surface area (Å²) in [6.07, 6.45) is 1.61. The molecule has 2 aromatic carbocycles. The van der Waals surface area contributed by atoms with Crippen molar-refractivity contribution in [3.63, 3.8) is 0 Å². The van der Waals surface area contributed by atoms with Gasteiger partial charge in [-0.25, -0.2) is 8.78 Å². The Labute approximate surface area is 114 Å². The van der Waals surface area contributed by atoms with Gasteiger partial charge in [0.25, 0.3) is 0 Å². The zero-order valence-corrected chi connectivity index (χ0v) is 10.4. The van der Waals surface area contributed by atoms with E-state index in [2.05, 4.69) is 10.3 Å².